The molecule has 0 atom stereocenters. The molecule has 3 aromatic rings. The van der Waals surface area contributed by atoms with E-state index in [0.717, 1.165) is 0 Å². The Morgan fingerprint density at radius 3 is 2.59 bits per heavy atom. The predicted molar refractivity (Wildman–Crippen MR) is 93.9 cm³/mol. The van der Waals surface area contributed by atoms with E-state index in [9.17, 15) is 8.78 Å². The van der Waals surface area contributed by atoms with Crippen molar-refractivity contribution in [1.29, 1.82) is 0 Å². The number of aromatic nitrogens is 6. The second kappa shape index (κ2) is 5.93. The van der Waals surface area contributed by atoms with Crippen molar-refractivity contribution in [2.24, 2.45) is 0 Å². The summed E-state index contributed by atoms with van der Waals surface area (Å²) in [4.78, 5) is 15.3. The van der Waals surface area contributed by atoms with Crippen molar-refractivity contribution >= 4 is 17.0 Å². The zero-order chi connectivity index (χ0) is 19.4. The van der Waals surface area contributed by atoms with Gasteiger partial charge in [-0.15, -0.1) is 10.2 Å². The van der Waals surface area contributed by atoms with Crippen LogP contribution < -0.4 is 4.90 Å². The van der Waals surface area contributed by atoms with Gasteiger partial charge in [-0.3, -0.25) is 0 Å². The highest BCUT2D eigenvalue weighted by atomic mass is 19.3. The smallest absolute Gasteiger partial charge is 0.266 e. The van der Waals surface area contributed by atoms with Gasteiger partial charge in [0, 0.05) is 25.3 Å². The summed E-state index contributed by atoms with van der Waals surface area (Å²) in [5, 5.41) is 7.83. The molecule has 0 unspecified atom stereocenters. The number of imidazole rings is 1. The normalized spacial score (nSPS) is 17.2. The van der Waals surface area contributed by atoms with Crippen molar-refractivity contribution in [3.63, 3.8) is 0 Å². The fraction of sp³-hybridized carbons (Fsp3) is 0.588. The maximum atomic E-state index is 13.8. The van der Waals surface area contributed by atoms with Gasteiger partial charge in [0.05, 0.1) is 12.9 Å². The molecule has 1 aliphatic heterocycles. The predicted octanol–water partition coefficient (Wildman–Crippen LogP) is 2.71. The minimum Gasteiger partial charge on any atom is -0.424 e. The molecule has 4 heterocycles. The van der Waals surface area contributed by atoms with Gasteiger partial charge in [-0.25, -0.2) is 23.7 Å². The second-order valence-electron chi connectivity index (χ2n) is 7.91. The molecule has 0 aromatic carbocycles. The van der Waals surface area contributed by atoms with E-state index in [1.807, 2.05) is 20.8 Å². The molecule has 0 spiro atoms. The molecule has 27 heavy (non-hydrogen) atoms. The van der Waals surface area contributed by atoms with Crippen molar-refractivity contribution in [1.82, 2.24) is 29.7 Å². The third kappa shape index (κ3) is 3.35. The summed E-state index contributed by atoms with van der Waals surface area (Å²) in [5.41, 5.74) is 0.717. The van der Waals surface area contributed by atoms with Crippen LogP contribution in [0.2, 0.25) is 0 Å². The van der Waals surface area contributed by atoms with E-state index in [1.54, 1.807) is 22.7 Å². The van der Waals surface area contributed by atoms with Crippen LogP contribution >= 0.6 is 0 Å². The maximum absolute atomic E-state index is 13.8. The fourth-order valence-corrected chi connectivity index (χ4v) is 3.06. The molecule has 1 fully saturated rings. The number of fused-ring (bicyclic) bond motifs is 1. The van der Waals surface area contributed by atoms with Crippen molar-refractivity contribution in [3.8, 4) is 0 Å². The quantitative estimate of drug-likeness (QED) is 0.694. The Balaban J connectivity index is 1.82. The third-order valence-electron chi connectivity index (χ3n) is 4.46. The SMILES string of the molecule is Cc1nnc(Cn2cnc3c(N4CCC(F)(F)C4)nc(C(C)(C)C)nc32)o1. The number of halogens is 2. The Labute approximate surface area is 154 Å². The van der Waals surface area contributed by atoms with Crippen LogP contribution in [0.25, 0.3) is 11.2 Å². The Kier molecular flexibility index (Phi) is 3.90. The van der Waals surface area contributed by atoms with Gasteiger partial charge in [-0.1, -0.05) is 20.8 Å². The molecule has 0 aliphatic carbocycles. The second-order valence-corrected chi connectivity index (χ2v) is 7.91. The van der Waals surface area contributed by atoms with Gasteiger partial charge in [-0.05, 0) is 0 Å². The summed E-state index contributed by atoms with van der Waals surface area (Å²) < 4.78 is 34.8. The molecule has 0 amide bonds. The van der Waals surface area contributed by atoms with Gasteiger partial charge in [0.2, 0.25) is 11.8 Å². The van der Waals surface area contributed by atoms with E-state index in [-0.39, 0.29) is 24.9 Å². The minimum atomic E-state index is -2.72. The highest BCUT2D eigenvalue weighted by molar-refractivity contribution is 5.84. The van der Waals surface area contributed by atoms with Gasteiger partial charge < -0.3 is 13.9 Å². The van der Waals surface area contributed by atoms with Gasteiger partial charge in [-0.2, -0.15) is 0 Å². The summed E-state index contributed by atoms with van der Waals surface area (Å²) >= 11 is 0. The fourth-order valence-electron chi connectivity index (χ4n) is 3.06. The van der Waals surface area contributed by atoms with Gasteiger partial charge in [0.1, 0.15) is 12.4 Å². The molecule has 4 rings (SSSR count). The maximum Gasteiger partial charge on any atom is 0.266 e. The summed E-state index contributed by atoms with van der Waals surface area (Å²) in [6, 6.07) is 0. The van der Waals surface area contributed by atoms with E-state index in [4.69, 9.17) is 4.42 Å². The van der Waals surface area contributed by atoms with Crippen LogP contribution in [0.5, 0.6) is 0 Å². The summed E-state index contributed by atoms with van der Waals surface area (Å²) in [6.45, 7) is 7.84. The minimum absolute atomic E-state index is 0.189. The number of rotatable bonds is 3. The lowest BCUT2D eigenvalue weighted by molar-refractivity contribution is 0.0257. The van der Waals surface area contributed by atoms with Crippen LogP contribution in [0.4, 0.5) is 14.6 Å². The standard InChI is InChI=1S/C17H21F2N7O/c1-10-23-24-11(27-10)7-26-9-20-12-13(25-6-5-17(18,19)8-25)21-15(16(2,3)4)22-14(12)26/h9H,5-8H2,1-4H3. The van der Waals surface area contributed by atoms with Gasteiger partial charge in [0.25, 0.3) is 5.92 Å². The van der Waals surface area contributed by atoms with E-state index in [0.29, 0.717) is 41.1 Å². The zero-order valence-electron chi connectivity index (χ0n) is 15.7. The van der Waals surface area contributed by atoms with E-state index in [1.165, 1.54) is 0 Å². The average molecular weight is 377 g/mol. The molecule has 1 aliphatic rings. The Morgan fingerprint density at radius 2 is 2.00 bits per heavy atom. The summed E-state index contributed by atoms with van der Waals surface area (Å²) in [5.74, 6) is -0.800. The van der Waals surface area contributed by atoms with Crippen LogP contribution in [-0.4, -0.2) is 48.7 Å². The number of hydrogen-bond acceptors (Lipinski definition) is 7. The molecule has 144 valence electrons. The van der Waals surface area contributed by atoms with E-state index >= 15 is 0 Å². The first-order chi connectivity index (χ1) is 12.6. The Morgan fingerprint density at radius 1 is 1.22 bits per heavy atom. The molecule has 0 N–H and O–H groups in total. The van der Waals surface area contributed by atoms with Crippen LogP contribution in [0.1, 0.15) is 44.8 Å². The van der Waals surface area contributed by atoms with Crippen molar-refractivity contribution in [2.75, 3.05) is 18.0 Å². The lowest BCUT2D eigenvalue weighted by Crippen LogP contribution is -2.27. The Bertz CT molecular complexity index is 989. The number of anilines is 1. The van der Waals surface area contributed by atoms with Gasteiger partial charge in [0.15, 0.2) is 17.0 Å². The Hall–Kier alpha value is -2.65. The molecule has 10 heteroatoms. The molecule has 1 saturated heterocycles. The highest BCUT2D eigenvalue weighted by Gasteiger charge is 2.40. The average Bonchev–Trinajstić information content (AvgIpc) is 3.26. The van der Waals surface area contributed by atoms with Crippen molar-refractivity contribution in [3.05, 3.63) is 23.9 Å². The molecule has 0 radical (unpaired) electrons. The first-order valence-corrected chi connectivity index (χ1v) is 8.77. The van der Waals surface area contributed by atoms with Crippen LogP contribution in [0.3, 0.4) is 0 Å². The first kappa shape index (κ1) is 17.7. The van der Waals surface area contributed by atoms with E-state index in [2.05, 4.69) is 25.1 Å². The topological polar surface area (TPSA) is 85.8 Å². The van der Waals surface area contributed by atoms with Crippen LogP contribution in [0.15, 0.2) is 10.7 Å². The van der Waals surface area contributed by atoms with Crippen LogP contribution in [0, 0.1) is 6.92 Å². The largest absolute Gasteiger partial charge is 0.424 e. The summed E-state index contributed by atoms with van der Waals surface area (Å²) in [7, 11) is 0. The number of alkyl halides is 2. The lowest BCUT2D eigenvalue weighted by Gasteiger charge is -2.22. The highest BCUT2D eigenvalue weighted by Crippen LogP contribution is 2.34. The van der Waals surface area contributed by atoms with Crippen molar-refractivity contribution < 1.29 is 13.2 Å². The molecular formula is C17H21F2N7O. The van der Waals surface area contributed by atoms with E-state index < -0.39 is 5.92 Å². The molecular weight excluding hydrogens is 356 g/mol. The molecule has 0 bridgehead atoms. The monoisotopic (exact) mass is 377 g/mol. The summed E-state index contributed by atoms with van der Waals surface area (Å²) in [6.07, 6.45) is 1.41. The molecule has 3 aromatic heterocycles. The molecule has 8 nitrogen and oxygen atoms in total. The van der Waals surface area contributed by atoms with Gasteiger partial charge >= 0.3 is 0 Å². The van der Waals surface area contributed by atoms with Crippen LogP contribution in [-0.2, 0) is 12.0 Å². The van der Waals surface area contributed by atoms with Crippen molar-refractivity contribution in [2.45, 2.75) is 52.0 Å². The number of aryl methyl sites for hydroxylation is 1. The number of nitrogens with zero attached hydrogens (tertiary/aromatic N) is 7. The lowest BCUT2D eigenvalue weighted by atomic mass is 9.96. The third-order valence-corrected chi connectivity index (χ3v) is 4.46. The first-order valence-electron chi connectivity index (χ1n) is 8.77. The number of hydrogen-bond donors (Lipinski definition) is 0. The zero-order valence-corrected chi connectivity index (χ0v) is 15.7. The molecule has 0 saturated carbocycles.